The van der Waals surface area contributed by atoms with E-state index in [0.29, 0.717) is 28.8 Å². The molecule has 0 aliphatic heterocycles. The number of aryl methyl sites for hydroxylation is 2. The zero-order valence-electron chi connectivity index (χ0n) is 16.5. The topological polar surface area (TPSA) is 101 Å². The highest BCUT2D eigenvalue weighted by atomic mass is 32.2. The van der Waals surface area contributed by atoms with E-state index < -0.39 is 10.0 Å². The lowest BCUT2D eigenvalue weighted by atomic mass is 9.96. The molecule has 1 heterocycles. The minimum atomic E-state index is -3.65. The molecule has 1 aliphatic carbocycles. The minimum absolute atomic E-state index is 0.0152. The molecule has 1 amide bonds. The summed E-state index contributed by atoms with van der Waals surface area (Å²) in [6, 6.07) is 5.22. The van der Waals surface area contributed by atoms with Gasteiger partial charge in [0.25, 0.3) is 0 Å². The Bertz CT molecular complexity index is 960. The normalized spacial score (nSPS) is 15.5. The predicted octanol–water partition coefficient (Wildman–Crippen LogP) is 3.78. The molecule has 2 N–H and O–H groups in total. The maximum absolute atomic E-state index is 13.0. The van der Waals surface area contributed by atoms with E-state index >= 15 is 0 Å². The van der Waals surface area contributed by atoms with Crippen LogP contribution in [0.4, 0.5) is 5.88 Å². The van der Waals surface area contributed by atoms with Crippen LogP contribution >= 0.6 is 0 Å². The van der Waals surface area contributed by atoms with Crippen molar-refractivity contribution < 1.29 is 17.7 Å². The van der Waals surface area contributed by atoms with Gasteiger partial charge in [-0.25, -0.2) is 13.1 Å². The molecule has 2 aromatic rings. The van der Waals surface area contributed by atoms with E-state index in [1.165, 1.54) is 6.92 Å². The predicted molar refractivity (Wildman–Crippen MR) is 108 cm³/mol. The Balaban J connectivity index is 2.00. The van der Waals surface area contributed by atoms with E-state index in [0.717, 1.165) is 32.1 Å². The van der Waals surface area contributed by atoms with Crippen molar-refractivity contribution in [2.75, 3.05) is 5.32 Å². The number of rotatable bonds is 6. The summed E-state index contributed by atoms with van der Waals surface area (Å²) in [5.74, 6) is -0.0456. The van der Waals surface area contributed by atoms with Crippen molar-refractivity contribution in [3.63, 3.8) is 0 Å². The summed E-state index contributed by atoms with van der Waals surface area (Å²) >= 11 is 0. The number of carbonyl (C=O) groups excluding carboxylic acids is 1. The van der Waals surface area contributed by atoms with Crippen molar-refractivity contribution in [3.8, 4) is 11.1 Å². The van der Waals surface area contributed by atoms with Crippen LogP contribution in [0, 0.1) is 6.92 Å². The number of aromatic nitrogens is 1. The van der Waals surface area contributed by atoms with Crippen LogP contribution in [-0.2, 0) is 21.2 Å². The van der Waals surface area contributed by atoms with Crippen LogP contribution in [0.5, 0.6) is 0 Å². The summed E-state index contributed by atoms with van der Waals surface area (Å²) in [5.41, 5.74) is 2.60. The molecule has 1 aromatic carbocycles. The molecule has 1 fully saturated rings. The highest BCUT2D eigenvalue weighted by molar-refractivity contribution is 7.89. The summed E-state index contributed by atoms with van der Waals surface area (Å²) in [6.07, 6.45) is 5.59. The van der Waals surface area contributed by atoms with Gasteiger partial charge in [-0.15, -0.1) is 0 Å². The molecule has 0 radical (unpaired) electrons. The van der Waals surface area contributed by atoms with E-state index in [1.807, 2.05) is 13.0 Å². The van der Waals surface area contributed by atoms with Gasteiger partial charge in [-0.05, 0) is 43.4 Å². The van der Waals surface area contributed by atoms with Gasteiger partial charge in [-0.3, -0.25) is 10.1 Å². The quantitative estimate of drug-likeness (QED) is 0.761. The zero-order chi connectivity index (χ0) is 20.3. The molecule has 1 aromatic heterocycles. The van der Waals surface area contributed by atoms with E-state index in [2.05, 4.69) is 15.2 Å². The molecule has 8 heteroatoms. The fourth-order valence-corrected chi connectivity index (χ4v) is 5.23. The van der Waals surface area contributed by atoms with Crippen molar-refractivity contribution in [1.29, 1.82) is 0 Å². The first-order chi connectivity index (χ1) is 13.3. The fourth-order valence-electron chi connectivity index (χ4n) is 3.66. The second-order valence-corrected chi connectivity index (χ2v) is 8.99. The summed E-state index contributed by atoms with van der Waals surface area (Å²) in [6.45, 7) is 5.09. The Morgan fingerprint density at radius 2 is 1.96 bits per heavy atom. The molecule has 0 atom stereocenters. The smallest absolute Gasteiger partial charge is 0.241 e. The molecule has 28 heavy (non-hydrogen) atoms. The lowest BCUT2D eigenvalue weighted by Crippen LogP contribution is -2.36. The third-order valence-electron chi connectivity index (χ3n) is 5.08. The molecule has 3 rings (SSSR count). The van der Waals surface area contributed by atoms with Crippen LogP contribution in [0.2, 0.25) is 0 Å². The molecule has 1 aliphatic rings. The Morgan fingerprint density at radius 1 is 1.25 bits per heavy atom. The Kier molecular flexibility index (Phi) is 6.20. The summed E-state index contributed by atoms with van der Waals surface area (Å²) in [5, 5.41) is 6.65. The number of benzene rings is 1. The van der Waals surface area contributed by atoms with E-state index in [-0.39, 0.29) is 22.7 Å². The van der Waals surface area contributed by atoms with E-state index in [9.17, 15) is 13.2 Å². The Morgan fingerprint density at radius 3 is 2.61 bits per heavy atom. The van der Waals surface area contributed by atoms with Gasteiger partial charge in [0, 0.05) is 13.0 Å². The first kappa shape index (κ1) is 20.5. The van der Waals surface area contributed by atoms with Gasteiger partial charge in [0.05, 0.1) is 16.2 Å². The molecular weight excluding hydrogens is 378 g/mol. The third kappa shape index (κ3) is 4.44. The van der Waals surface area contributed by atoms with Crippen LogP contribution < -0.4 is 10.0 Å². The average molecular weight is 406 g/mol. The SMILES string of the molecule is CCc1noc(NC(C)=O)c1-c1ccc(C)c(S(=O)(=O)NC2CCCCC2)c1. The standard InChI is InChI=1S/C20H27N3O4S/c1-4-17-19(20(27-22-17)21-14(3)24)15-11-10-13(2)18(12-15)28(25,26)23-16-8-6-5-7-9-16/h10-12,16,23H,4-9H2,1-3H3,(H,21,24). The number of carbonyl (C=O) groups is 1. The van der Waals surface area contributed by atoms with Gasteiger partial charge in [0.1, 0.15) is 0 Å². The van der Waals surface area contributed by atoms with Crippen molar-refractivity contribution in [2.24, 2.45) is 0 Å². The van der Waals surface area contributed by atoms with Crippen LogP contribution in [0.1, 0.15) is 57.2 Å². The van der Waals surface area contributed by atoms with Crippen molar-refractivity contribution in [3.05, 3.63) is 29.5 Å². The molecule has 152 valence electrons. The van der Waals surface area contributed by atoms with Crippen LogP contribution in [-0.4, -0.2) is 25.5 Å². The minimum Gasteiger partial charge on any atom is -0.337 e. The lowest BCUT2D eigenvalue weighted by Gasteiger charge is -2.23. The second-order valence-electron chi connectivity index (χ2n) is 7.30. The van der Waals surface area contributed by atoms with Gasteiger partial charge in [-0.1, -0.05) is 43.5 Å². The van der Waals surface area contributed by atoms with Crippen LogP contribution in [0.15, 0.2) is 27.6 Å². The number of anilines is 1. The molecule has 0 saturated heterocycles. The number of nitrogens with one attached hydrogen (secondary N) is 2. The average Bonchev–Trinajstić information content (AvgIpc) is 3.04. The number of sulfonamides is 1. The van der Waals surface area contributed by atoms with Crippen molar-refractivity contribution >= 4 is 21.8 Å². The highest BCUT2D eigenvalue weighted by Gasteiger charge is 2.25. The first-order valence-electron chi connectivity index (χ1n) is 9.71. The molecular formula is C20H27N3O4S. The lowest BCUT2D eigenvalue weighted by molar-refractivity contribution is -0.114. The summed E-state index contributed by atoms with van der Waals surface area (Å²) in [4.78, 5) is 11.7. The number of hydrogen-bond acceptors (Lipinski definition) is 5. The van der Waals surface area contributed by atoms with Gasteiger partial charge in [-0.2, -0.15) is 0 Å². The fraction of sp³-hybridized carbons (Fsp3) is 0.500. The van der Waals surface area contributed by atoms with Gasteiger partial charge in [0.15, 0.2) is 0 Å². The Hall–Kier alpha value is -2.19. The highest BCUT2D eigenvalue weighted by Crippen LogP contribution is 2.34. The molecule has 0 bridgehead atoms. The molecule has 0 spiro atoms. The first-order valence-corrected chi connectivity index (χ1v) is 11.2. The van der Waals surface area contributed by atoms with Crippen LogP contribution in [0.25, 0.3) is 11.1 Å². The van der Waals surface area contributed by atoms with Crippen LogP contribution in [0.3, 0.4) is 0 Å². The second kappa shape index (κ2) is 8.45. The van der Waals surface area contributed by atoms with Gasteiger partial charge in [0.2, 0.25) is 21.8 Å². The van der Waals surface area contributed by atoms with E-state index in [4.69, 9.17) is 4.52 Å². The van der Waals surface area contributed by atoms with E-state index in [1.54, 1.807) is 19.1 Å². The number of nitrogens with zero attached hydrogens (tertiary/aromatic N) is 1. The number of hydrogen-bond donors (Lipinski definition) is 2. The molecule has 1 saturated carbocycles. The van der Waals surface area contributed by atoms with Crippen molar-refractivity contribution in [1.82, 2.24) is 9.88 Å². The summed E-state index contributed by atoms with van der Waals surface area (Å²) in [7, 11) is -3.65. The summed E-state index contributed by atoms with van der Waals surface area (Å²) < 4.78 is 34.2. The molecule has 7 nitrogen and oxygen atoms in total. The third-order valence-corrected chi connectivity index (χ3v) is 6.74. The van der Waals surface area contributed by atoms with Crippen molar-refractivity contribution in [2.45, 2.75) is 70.2 Å². The van der Waals surface area contributed by atoms with Gasteiger partial charge >= 0.3 is 0 Å². The maximum atomic E-state index is 13.0. The maximum Gasteiger partial charge on any atom is 0.241 e. The monoisotopic (exact) mass is 405 g/mol. The number of amides is 1. The van der Waals surface area contributed by atoms with Gasteiger partial charge < -0.3 is 4.52 Å². The molecule has 0 unspecified atom stereocenters. The zero-order valence-corrected chi connectivity index (χ0v) is 17.4. The largest absolute Gasteiger partial charge is 0.337 e. The Labute approximate surface area is 165 Å².